The monoisotopic (exact) mass is 429 g/mol. The SMILES string of the molecule is CCCCc1nnc(SCC(=O)Nc2nc(-c3ccc(C)c(C)c3)c(C)s2)n1C. The Morgan fingerprint density at radius 1 is 1.21 bits per heavy atom. The summed E-state index contributed by atoms with van der Waals surface area (Å²) in [7, 11) is 1.95. The molecule has 1 N–H and O–H groups in total. The molecule has 3 rings (SSSR count). The minimum Gasteiger partial charge on any atom is -0.309 e. The van der Waals surface area contributed by atoms with E-state index in [2.05, 4.69) is 59.5 Å². The highest BCUT2D eigenvalue weighted by Gasteiger charge is 2.15. The van der Waals surface area contributed by atoms with E-state index in [1.165, 1.54) is 34.2 Å². The fraction of sp³-hybridized carbons (Fsp3) is 0.429. The molecule has 0 radical (unpaired) electrons. The third-order valence-electron chi connectivity index (χ3n) is 4.83. The van der Waals surface area contributed by atoms with Crippen molar-refractivity contribution in [2.45, 2.75) is 52.1 Å². The smallest absolute Gasteiger partial charge is 0.236 e. The number of benzene rings is 1. The number of hydrogen-bond acceptors (Lipinski definition) is 6. The Bertz CT molecular complexity index is 1010. The first-order valence-corrected chi connectivity index (χ1v) is 11.5. The molecule has 0 aliphatic heterocycles. The molecule has 2 heterocycles. The van der Waals surface area contributed by atoms with Crippen LogP contribution in [0, 0.1) is 20.8 Å². The summed E-state index contributed by atoms with van der Waals surface area (Å²) in [5, 5.41) is 12.7. The van der Waals surface area contributed by atoms with Gasteiger partial charge in [-0.3, -0.25) is 4.79 Å². The van der Waals surface area contributed by atoms with E-state index in [0.717, 1.165) is 46.4 Å². The van der Waals surface area contributed by atoms with E-state index in [1.807, 2.05) is 18.5 Å². The molecule has 0 bridgehead atoms. The Labute approximate surface area is 180 Å². The number of carbonyl (C=O) groups is 1. The molecule has 6 nitrogen and oxygen atoms in total. The molecule has 0 spiro atoms. The van der Waals surface area contributed by atoms with Crippen molar-refractivity contribution < 1.29 is 4.79 Å². The van der Waals surface area contributed by atoms with E-state index in [4.69, 9.17) is 0 Å². The molecular formula is C21H27N5OS2. The second kappa shape index (κ2) is 9.54. The molecule has 0 aliphatic rings. The van der Waals surface area contributed by atoms with Gasteiger partial charge in [-0.25, -0.2) is 4.98 Å². The number of aromatic nitrogens is 4. The topological polar surface area (TPSA) is 72.7 Å². The number of thiazole rings is 1. The van der Waals surface area contributed by atoms with E-state index in [9.17, 15) is 4.79 Å². The van der Waals surface area contributed by atoms with E-state index in [0.29, 0.717) is 5.13 Å². The molecule has 0 saturated carbocycles. The number of anilines is 1. The van der Waals surface area contributed by atoms with Crippen LogP contribution in [0.3, 0.4) is 0 Å². The maximum atomic E-state index is 12.4. The lowest BCUT2D eigenvalue weighted by atomic mass is 10.0. The van der Waals surface area contributed by atoms with Gasteiger partial charge in [0.15, 0.2) is 10.3 Å². The van der Waals surface area contributed by atoms with E-state index < -0.39 is 0 Å². The van der Waals surface area contributed by atoms with Crippen LogP contribution in [0.15, 0.2) is 23.4 Å². The summed E-state index contributed by atoms with van der Waals surface area (Å²) in [6.45, 7) is 8.38. The van der Waals surface area contributed by atoms with Gasteiger partial charge in [-0.15, -0.1) is 21.5 Å². The Hall–Kier alpha value is -2.19. The Kier molecular flexibility index (Phi) is 7.08. The summed E-state index contributed by atoms with van der Waals surface area (Å²) in [6, 6.07) is 6.33. The van der Waals surface area contributed by atoms with Gasteiger partial charge in [-0.05, 0) is 44.4 Å². The number of hydrogen-bond donors (Lipinski definition) is 1. The summed E-state index contributed by atoms with van der Waals surface area (Å²) in [5.74, 6) is 1.15. The van der Waals surface area contributed by atoms with E-state index >= 15 is 0 Å². The van der Waals surface area contributed by atoms with Crippen molar-refractivity contribution in [2.75, 3.05) is 11.1 Å². The number of thioether (sulfide) groups is 1. The maximum absolute atomic E-state index is 12.4. The highest BCUT2D eigenvalue weighted by molar-refractivity contribution is 7.99. The third kappa shape index (κ3) is 5.25. The second-order valence-corrected chi connectivity index (χ2v) is 9.27. The number of amides is 1. The molecule has 0 saturated heterocycles. The molecule has 0 aliphatic carbocycles. The van der Waals surface area contributed by atoms with Crippen molar-refractivity contribution in [3.63, 3.8) is 0 Å². The average molecular weight is 430 g/mol. The molecule has 1 amide bonds. The standard InChI is InChI=1S/C21H27N5OS2/c1-6-7-8-17-24-25-21(26(17)5)28-12-18(27)22-20-23-19(15(4)29-20)16-10-9-13(2)14(3)11-16/h9-11H,6-8,12H2,1-5H3,(H,22,23,27). The van der Waals surface area contributed by atoms with Crippen molar-refractivity contribution in [3.8, 4) is 11.3 Å². The van der Waals surface area contributed by atoms with Crippen molar-refractivity contribution >= 4 is 34.1 Å². The first kappa shape index (κ1) is 21.5. The molecule has 2 aromatic heterocycles. The van der Waals surface area contributed by atoms with Crippen LogP contribution in [0.4, 0.5) is 5.13 Å². The zero-order valence-electron chi connectivity index (χ0n) is 17.6. The fourth-order valence-electron chi connectivity index (χ4n) is 2.92. The minimum atomic E-state index is -0.0894. The van der Waals surface area contributed by atoms with Crippen LogP contribution in [0.2, 0.25) is 0 Å². The van der Waals surface area contributed by atoms with Gasteiger partial charge in [0, 0.05) is 23.9 Å². The van der Waals surface area contributed by atoms with Crippen molar-refractivity contribution in [2.24, 2.45) is 7.05 Å². The van der Waals surface area contributed by atoms with Crippen molar-refractivity contribution in [1.29, 1.82) is 0 Å². The van der Waals surface area contributed by atoms with Crippen LogP contribution in [-0.4, -0.2) is 31.4 Å². The zero-order valence-corrected chi connectivity index (χ0v) is 19.2. The van der Waals surface area contributed by atoms with Gasteiger partial charge in [0.05, 0.1) is 11.4 Å². The maximum Gasteiger partial charge on any atom is 0.236 e. The van der Waals surface area contributed by atoms with Gasteiger partial charge < -0.3 is 9.88 Å². The summed E-state index contributed by atoms with van der Waals surface area (Å²) in [5.41, 5.74) is 4.50. The van der Waals surface area contributed by atoms with Crippen LogP contribution >= 0.6 is 23.1 Å². The van der Waals surface area contributed by atoms with Crippen molar-refractivity contribution in [3.05, 3.63) is 40.0 Å². The molecule has 0 atom stereocenters. The molecule has 154 valence electrons. The van der Waals surface area contributed by atoms with E-state index in [1.54, 1.807) is 0 Å². The number of rotatable bonds is 8. The predicted octanol–water partition coefficient (Wildman–Crippen LogP) is 4.94. The predicted molar refractivity (Wildman–Crippen MR) is 121 cm³/mol. The number of nitrogens with zero attached hydrogens (tertiary/aromatic N) is 4. The number of aryl methyl sites for hydroxylation is 4. The Morgan fingerprint density at radius 3 is 2.72 bits per heavy atom. The van der Waals surface area contributed by atoms with Crippen LogP contribution in [0.5, 0.6) is 0 Å². The van der Waals surface area contributed by atoms with Crippen LogP contribution in [-0.2, 0) is 18.3 Å². The van der Waals surface area contributed by atoms with Gasteiger partial charge in [-0.1, -0.05) is 37.2 Å². The van der Waals surface area contributed by atoms with Gasteiger partial charge in [-0.2, -0.15) is 0 Å². The lowest BCUT2D eigenvalue weighted by molar-refractivity contribution is -0.113. The average Bonchev–Trinajstić information content (AvgIpc) is 3.22. The second-order valence-electron chi connectivity index (χ2n) is 7.12. The van der Waals surface area contributed by atoms with Crippen LogP contribution in [0.25, 0.3) is 11.3 Å². The summed E-state index contributed by atoms with van der Waals surface area (Å²) in [6.07, 6.45) is 3.12. The highest BCUT2D eigenvalue weighted by atomic mass is 32.2. The van der Waals surface area contributed by atoms with Gasteiger partial charge in [0.2, 0.25) is 5.91 Å². The minimum absolute atomic E-state index is 0.0894. The molecule has 3 aromatic rings. The van der Waals surface area contributed by atoms with Crippen LogP contribution < -0.4 is 5.32 Å². The summed E-state index contributed by atoms with van der Waals surface area (Å²) in [4.78, 5) is 18.1. The van der Waals surface area contributed by atoms with Gasteiger partial charge in [0.1, 0.15) is 5.82 Å². The fourth-order valence-corrected chi connectivity index (χ4v) is 4.50. The summed E-state index contributed by atoms with van der Waals surface area (Å²) >= 11 is 2.89. The lowest BCUT2D eigenvalue weighted by Crippen LogP contribution is -2.14. The van der Waals surface area contributed by atoms with Crippen molar-refractivity contribution in [1.82, 2.24) is 19.7 Å². The normalized spacial score (nSPS) is 11.1. The third-order valence-corrected chi connectivity index (χ3v) is 6.74. The van der Waals surface area contributed by atoms with Crippen LogP contribution in [0.1, 0.15) is 41.6 Å². The number of unbranched alkanes of at least 4 members (excludes halogenated alkanes) is 1. The number of carbonyl (C=O) groups excluding carboxylic acids is 1. The molecule has 8 heteroatoms. The van der Waals surface area contributed by atoms with Gasteiger partial charge >= 0.3 is 0 Å². The molecule has 29 heavy (non-hydrogen) atoms. The lowest BCUT2D eigenvalue weighted by Gasteiger charge is -2.04. The quantitative estimate of drug-likeness (QED) is 0.514. The highest BCUT2D eigenvalue weighted by Crippen LogP contribution is 2.31. The Morgan fingerprint density at radius 2 is 2.00 bits per heavy atom. The van der Waals surface area contributed by atoms with E-state index in [-0.39, 0.29) is 11.7 Å². The first-order chi connectivity index (χ1) is 13.9. The molecule has 0 unspecified atom stereocenters. The first-order valence-electron chi connectivity index (χ1n) is 9.75. The largest absolute Gasteiger partial charge is 0.309 e. The Balaban J connectivity index is 1.61. The zero-order chi connectivity index (χ0) is 21.0. The molecule has 0 fully saturated rings. The van der Waals surface area contributed by atoms with Gasteiger partial charge in [0.25, 0.3) is 0 Å². The summed E-state index contributed by atoms with van der Waals surface area (Å²) < 4.78 is 1.97. The number of nitrogens with one attached hydrogen (secondary N) is 1. The molecular weight excluding hydrogens is 402 g/mol. The molecule has 1 aromatic carbocycles.